The first-order valence-electron chi connectivity index (χ1n) is 4.65. The van der Waals surface area contributed by atoms with Crippen LogP contribution in [0.3, 0.4) is 0 Å². The van der Waals surface area contributed by atoms with Crippen LogP contribution in [0.1, 0.15) is 6.42 Å². The number of halogens is 4. The van der Waals surface area contributed by atoms with Gasteiger partial charge in [0.1, 0.15) is 4.82 Å². The molecule has 3 nitrogen and oxygen atoms in total. The van der Waals surface area contributed by atoms with E-state index in [0.717, 1.165) is 5.57 Å². The van der Waals surface area contributed by atoms with Gasteiger partial charge in [0.15, 0.2) is 0 Å². The van der Waals surface area contributed by atoms with Crippen molar-refractivity contribution in [3.8, 4) is 0 Å². The zero-order valence-electron chi connectivity index (χ0n) is 8.84. The summed E-state index contributed by atoms with van der Waals surface area (Å²) in [5.41, 5.74) is 0.846. The molecule has 18 heavy (non-hydrogen) atoms. The van der Waals surface area contributed by atoms with Crippen molar-refractivity contribution >= 4 is 116 Å². The zero-order chi connectivity index (χ0) is 13.7. The van der Waals surface area contributed by atoms with Crippen LogP contribution in [0.25, 0.3) is 0 Å². The minimum atomic E-state index is -0.454. The Bertz CT molecular complexity index is 287. The summed E-state index contributed by atoms with van der Waals surface area (Å²) in [6.45, 7) is 4.53. The van der Waals surface area contributed by atoms with Gasteiger partial charge in [0.05, 0.1) is 18.8 Å². The summed E-state index contributed by atoms with van der Waals surface area (Å²) in [6, 6.07) is 0. The molecule has 1 fully saturated rings. The highest BCUT2D eigenvalue weighted by molar-refractivity contribution is 14.3. The van der Waals surface area contributed by atoms with E-state index in [1.165, 1.54) is 23.3 Å². The normalized spacial score (nSPS) is 28.6. The van der Waals surface area contributed by atoms with Crippen molar-refractivity contribution in [3.05, 3.63) is 12.2 Å². The Hall–Kier alpha value is 4.10. The fourth-order valence-corrected chi connectivity index (χ4v) is 6.92. The van der Waals surface area contributed by atoms with Crippen molar-refractivity contribution in [2.45, 2.75) is 18.6 Å². The van der Waals surface area contributed by atoms with Crippen LogP contribution in [-0.2, 0) is 8.37 Å². The van der Waals surface area contributed by atoms with Gasteiger partial charge < -0.3 is 13.5 Å². The SMILES string of the molecule is C=C1[C@H](O)C[C@H](OSP(I)I)[C@H]1COSP(I)I. The van der Waals surface area contributed by atoms with Crippen molar-refractivity contribution in [1.29, 1.82) is 0 Å². The standard InChI is InChI=1S/C7H10I4O3P2S2/c1-4-5(3-13-17-15(8)9)7(2-6(4)12)14-18-16(10)11/h5-7,12H,1-3H2/t5-,6+,7-/m0/s1. The van der Waals surface area contributed by atoms with Crippen LogP contribution in [0.2, 0.25) is 0 Å². The zero-order valence-corrected chi connectivity index (χ0v) is 20.9. The molecule has 0 amide bonds. The second-order valence-corrected chi connectivity index (χ2v) is 38.5. The van der Waals surface area contributed by atoms with Gasteiger partial charge in [-0.2, -0.15) is 0 Å². The highest BCUT2D eigenvalue weighted by atomic mass is 127. The third kappa shape index (κ3) is 7.58. The third-order valence-electron chi connectivity index (χ3n) is 2.39. The molecule has 0 radical (unpaired) electrons. The number of aliphatic hydroxyl groups is 1. The highest BCUT2D eigenvalue weighted by Crippen LogP contribution is 2.66. The fraction of sp³-hybridized carbons (Fsp3) is 0.714. The van der Waals surface area contributed by atoms with E-state index in [9.17, 15) is 5.11 Å². The van der Waals surface area contributed by atoms with Gasteiger partial charge in [0.2, 0.25) is 0 Å². The largest absolute Gasteiger partial charge is 0.389 e. The average molecular weight is 776 g/mol. The summed E-state index contributed by atoms with van der Waals surface area (Å²) in [5, 5.41) is 9.86. The summed E-state index contributed by atoms with van der Waals surface area (Å²) in [7, 11) is 0. The monoisotopic (exact) mass is 776 g/mol. The first-order valence-corrected chi connectivity index (χ1v) is 21.2. The summed E-state index contributed by atoms with van der Waals surface area (Å²) in [4.78, 5) is 0. The Kier molecular flexibility index (Phi) is 12.1. The van der Waals surface area contributed by atoms with Crippen molar-refractivity contribution in [3.63, 3.8) is 0 Å². The molecule has 0 aromatic heterocycles. The number of hydrogen-bond donors (Lipinski definition) is 1. The van der Waals surface area contributed by atoms with Gasteiger partial charge in [-0.25, -0.2) is 0 Å². The van der Waals surface area contributed by atoms with Crippen molar-refractivity contribution < 1.29 is 13.5 Å². The van der Waals surface area contributed by atoms with Gasteiger partial charge >= 0.3 is 0 Å². The second kappa shape index (κ2) is 10.8. The second-order valence-electron chi connectivity index (χ2n) is 3.40. The van der Waals surface area contributed by atoms with E-state index in [0.29, 0.717) is 13.0 Å². The average Bonchev–Trinajstić information content (AvgIpc) is 2.53. The molecule has 0 spiro atoms. The van der Waals surface area contributed by atoms with Gasteiger partial charge in [-0.3, -0.25) is 0 Å². The van der Waals surface area contributed by atoms with E-state index < -0.39 is 6.10 Å². The maximum absolute atomic E-state index is 9.86. The maximum atomic E-state index is 9.86. The van der Waals surface area contributed by atoms with Crippen LogP contribution in [0.15, 0.2) is 12.2 Å². The van der Waals surface area contributed by atoms with Crippen LogP contribution in [-0.4, -0.2) is 23.9 Å². The summed E-state index contributed by atoms with van der Waals surface area (Å²) < 4.78 is 11.0. The number of rotatable bonds is 7. The molecule has 11 heteroatoms. The Morgan fingerprint density at radius 2 is 1.89 bits per heavy atom. The van der Waals surface area contributed by atoms with Gasteiger partial charge in [-0.15, -0.1) is 0 Å². The van der Waals surface area contributed by atoms with E-state index in [2.05, 4.69) is 94.7 Å². The Morgan fingerprint density at radius 3 is 2.44 bits per heavy atom. The maximum Gasteiger partial charge on any atom is 0.113 e. The van der Waals surface area contributed by atoms with Gasteiger partial charge in [0.25, 0.3) is 0 Å². The van der Waals surface area contributed by atoms with E-state index in [1.54, 1.807) is 0 Å². The van der Waals surface area contributed by atoms with Crippen molar-refractivity contribution in [2.75, 3.05) is 6.61 Å². The van der Waals surface area contributed by atoms with Crippen LogP contribution < -0.4 is 0 Å². The summed E-state index contributed by atoms with van der Waals surface area (Å²) >= 11 is 12.4. The molecule has 1 aliphatic carbocycles. The first kappa shape index (κ1) is 20.1. The van der Waals surface area contributed by atoms with E-state index in [1.807, 2.05) is 0 Å². The predicted molar refractivity (Wildman–Crippen MR) is 119 cm³/mol. The quantitative estimate of drug-likeness (QED) is 0.133. The van der Waals surface area contributed by atoms with E-state index >= 15 is 0 Å². The lowest BCUT2D eigenvalue weighted by molar-refractivity contribution is 0.148. The van der Waals surface area contributed by atoms with E-state index in [-0.39, 0.29) is 16.8 Å². The predicted octanol–water partition coefficient (Wildman–Crippen LogP) is 6.82. The molecule has 0 aromatic rings. The minimum absolute atomic E-state index is 0.0160. The summed E-state index contributed by atoms with van der Waals surface area (Å²) in [6.07, 6.45) is 0.191. The van der Waals surface area contributed by atoms with Crippen molar-refractivity contribution in [1.82, 2.24) is 0 Å². The van der Waals surface area contributed by atoms with Crippen LogP contribution in [0.4, 0.5) is 0 Å². The molecule has 1 N–H and O–H groups in total. The summed E-state index contributed by atoms with van der Waals surface area (Å²) in [5.74, 6) is 0.102. The van der Waals surface area contributed by atoms with E-state index in [4.69, 9.17) is 8.37 Å². The third-order valence-corrected chi connectivity index (χ3v) is 10.2. The van der Waals surface area contributed by atoms with Gasteiger partial charge in [0, 0.05) is 35.7 Å². The molecule has 0 aliphatic heterocycles. The molecular weight excluding hydrogens is 766 g/mol. The smallest absolute Gasteiger partial charge is 0.113 e. The topological polar surface area (TPSA) is 38.7 Å². The van der Waals surface area contributed by atoms with Crippen LogP contribution in [0, 0.1) is 5.92 Å². The van der Waals surface area contributed by atoms with Crippen LogP contribution in [0.5, 0.6) is 0 Å². The number of hydrogen-bond acceptors (Lipinski definition) is 5. The first-order chi connectivity index (χ1) is 8.41. The van der Waals surface area contributed by atoms with Gasteiger partial charge in [-0.1, -0.05) is 6.58 Å². The molecule has 0 saturated heterocycles. The lowest BCUT2D eigenvalue weighted by Crippen LogP contribution is -2.20. The lowest BCUT2D eigenvalue weighted by Gasteiger charge is -2.19. The molecule has 0 bridgehead atoms. The Morgan fingerprint density at radius 1 is 1.28 bits per heavy atom. The Labute approximate surface area is 170 Å². The molecular formula is C7H10I4O3P2S2. The van der Waals surface area contributed by atoms with Crippen molar-refractivity contribution in [2.24, 2.45) is 5.92 Å². The molecule has 0 heterocycles. The number of aliphatic hydroxyl groups excluding tert-OH is 1. The molecule has 1 rings (SSSR count). The highest BCUT2D eigenvalue weighted by Gasteiger charge is 2.38. The fourth-order valence-electron chi connectivity index (χ4n) is 1.57. The minimum Gasteiger partial charge on any atom is -0.389 e. The van der Waals surface area contributed by atoms with Crippen LogP contribution >= 0.6 is 116 Å². The Balaban J connectivity index is 2.45. The molecule has 0 unspecified atom stereocenters. The molecule has 1 aliphatic rings. The molecule has 3 atom stereocenters. The molecule has 1 saturated carbocycles. The molecule has 0 aromatic carbocycles. The van der Waals surface area contributed by atoms with Gasteiger partial charge in [-0.05, 0) is 93.7 Å². The molecule has 106 valence electrons. The lowest BCUT2D eigenvalue weighted by atomic mass is 10.0.